The molecule has 29 heavy (non-hydrogen) atoms. The van der Waals surface area contributed by atoms with Crippen LogP contribution in [0.4, 0.5) is 0 Å². The van der Waals surface area contributed by atoms with Crippen LogP contribution in [0.2, 0.25) is 0 Å². The van der Waals surface area contributed by atoms with Crippen molar-refractivity contribution in [3.63, 3.8) is 0 Å². The van der Waals surface area contributed by atoms with Crippen LogP contribution in [0.3, 0.4) is 0 Å². The number of nitrogens with one attached hydrogen (secondary N) is 3. The van der Waals surface area contributed by atoms with E-state index in [0.29, 0.717) is 12.5 Å². The van der Waals surface area contributed by atoms with E-state index in [4.69, 9.17) is 0 Å². The van der Waals surface area contributed by atoms with Crippen molar-refractivity contribution in [2.45, 2.75) is 39.7 Å². The van der Waals surface area contributed by atoms with Gasteiger partial charge in [0.1, 0.15) is 0 Å². The molecule has 1 unspecified atom stereocenters. The highest BCUT2D eigenvalue weighted by Gasteiger charge is 2.14. The van der Waals surface area contributed by atoms with Crippen molar-refractivity contribution in [2.75, 3.05) is 20.1 Å². The van der Waals surface area contributed by atoms with Gasteiger partial charge in [0.2, 0.25) is 5.91 Å². The molecule has 1 aromatic carbocycles. The van der Waals surface area contributed by atoms with E-state index >= 15 is 0 Å². The molecule has 0 saturated heterocycles. The maximum Gasteiger partial charge on any atom is 0.239 e. The van der Waals surface area contributed by atoms with Gasteiger partial charge in [0, 0.05) is 32.4 Å². The van der Waals surface area contributed by atoms with Gasteiger partial charge >= 0.3 is 0 Å². The quantitative estimate of drug-likeness (QED) is 0.288. The second-order valence-electron chi connectivity index (χ2n) is 7.03. The number of halogens is 1. The van der Waals surface area contributed by atoms with Crippen molar-refractivity contribution in [3.05, 3.63) is 52.8 Å². The summed E-state index contributed by atoms with van der Waals surface area (Å²) in [5, 5.41) is 13.8. The van der Waals surface area contributed by atoms with Crippen LogP contribution in [0.1, 0.15) is 29.4 Å². The lowest BCUT2D eigenvalue weighted by atomic mass is 10.1. The summed E-state index contributed by atoms with van der Waals surface area (Å²) in [6, 6.07) is 10.3. The lowest BCUT2D eigenvalue weighted by Crippen LogP contribution is -2.46. The number of carbonyl (C=O) groups excluding carboxylic acids is 1. The van der Waals surface area contributed by atoms with Crippen molar-refractivity contribution in [1.82, 2.24) is 25.7 Å². The van der Waals surface area contributed by atoms with Gasteiger partial charge in [-0.3, -0.25) is 14.5 Å². The number of carbonyl (C=O) groups is 1. The molecule has 0 radical (unpaired) electrons. The van der Waals surface area contributed by atoms with E-state index in [1.165, 1.54) is 16.8 Å². The molecule has 0 fully saturated rings. The molecule has 0 aliphatic carbocycles. The number of aromatic nitrogens is 2. The predicted octanol–water partition coefficient (Wildman–Crippen LogP) is 2.11. The SMILES string of the molecule is CN=C(NCC(=O)NCCc1ccccc1)NC(C)Cc1c(C)nn(C)c1C.I. The van der Waals surface area contributed by atoms with E-state index in [0.717, 1.165) is 18.5 Å². The Morgan fingerprint density at radius 3 is 2.48 bits per heavy atom. The third-order valence-electron chi connectivity index (χ3n) is 4.77. The van der Waals surface area contributed by atoms with Crippen LogP contribution in [0.15, 0.2) is 35.3 Å². The Hall–Kier alpha value is -2.10. The Kier molecular flexibility index (Phi) is 10.7. The molecule has 0 spiro atoms. The van der Waals surface area contributed by atoms with Gasteiger partial charge in [-0.1, -0.05) is 30.3 Å². The standard InChI is InChI=1S/C21H32N6O.HI/c1-15(13-19-16(2)26-27(5)17(19)3)25-21(22-4)24-14-20(28)23-12-11-18-9-7-6-8-10-18;/h6-10,15H,11-14H2,1-5H3,(H,23,28)(H2,22,24,25);1H. The maximum absolute atomic E-state index is 12.1. The number of aryl methyl sites for hydroxylation is 2. The Bertz CT molecular complexity index is 803. The van der Waals surface area contributed by atoms with Crippen LogP contribution in [0.5, 0.6) is 0 Å². The molecule has 0 bridgehead atoms. The highest BCUT2D eigenvalue weighted by atomic mass is 127. The first kappa shape index (κ1) is 24.9. The van der Waals surface area contributed by atoms with E-state index in [1.807, 2.05) is 36.9 Å². The van der Waals surface area contributed by atoms with Gasteiger partial charge < -0.3 is 16.0 Å². The number of rotatable bonds is 8. The number of hydrogen-bond acceptors (Lipinski definition) is 3. The van der Waals surface area contributed by atoms with E-state index in [2.05, 4.69) is 52.0 Å². The number of aliphatic imine (C=N–C) groups is 1. The zero-order valence-corrected chi connectivity index (χ0v) is 20.3. The van der Waals surface area contributed by atoms with Gasteiger partial charge in [0.05, 0.1) is 12.2 Å². The van der Waals surface area contributed by atoms with Crippen LogP contribution in [-0.2, 0) is 24.7 Å². The molecular formula is C21H33IN6O. The summed E-state index contributed by atoms with van der Waals surface area (Å²) in [7, 11) is 3.66. The summed E-state index contributed by atoms with van der Waals surface area (Å²) in [5.41, 5.74) is 4.68. The van der Waals surface area contributed by atoms with Crippen LogP contribution < -0.4 is 16.0 Å². The molecule has 0 aliphatic rings. The van der Waals surface area contributed by atoms with E-state index in [-0.39, 0.29) is 42.5 Å². The molecule has 0 aliphatic heterocycles. The third-order valence-corrected chi connectivity index (χ3v) is 4.77. The summed E-state index contributed by atoms with van der Waals surface area (Å²) in [4.78, 5) is 16.3. The molecule has 1 aromatic heterocycles. The molecule has 2 aromatic rings. The fraction of sp³-hybridized carbons (Fsp3) is 0.476. The normalized spacial score (nSPS) is 12.1. The van der Waals surface area contributed by atoms with Gasteiger partial charge in [-0.25, -0.2) is 0 Å². The summed E-state index contributed by atoms with van der Waals surface area (Å²) in [6.07, 6.45) is 1.66. The Morgan fingerprint density at radius 1 is 1.21 bits per heavy atom. The number of amides is 1. The molecule has 2 rings (SSSR count). The fourth-order valence-corrected chi connectivity index (χ4v) is 3.12. The number of hydrogen-bond donors (Lipinski definition) is 3. The first-order chi connectivity index (χ1) is 13.4. The average Bonchev–Trinajstić information content (AvgIpc) is 2.92. The second kappa shape index (κ2) is 12.5. The summed E-state index contributed by atoms with van der Waals surface area (Å²) in [5.74, 6) is 0.565. The van der Waals surface area contributed by atoms with Gasteiger partial charge in [0.25, 0.3) is 0 Å². The molecular weight excluding hydrogens is 479 g/mol. The minimum Gasteiger partial charge on any atom is -0.354 e. The summed E-state index contributed by atoms with van der Waals surface area (Å²) < 4.78 is 1.91. The predicted molar refractivity (Wildman–Crippen MR) is 129 cm³/mol. The minimum atomic E-state index is -0.0505. The molecule has 3 N–H and O–H groups in total. The van der Waals surface area contributed by atoms with Gasteiger partial charge in [-0.05, 0) is 44.7 Å². The molecule has 160 valence electrons. The van der Waals surface area contributed by atoms with Crippen molar-refractivity contribution >= 4 is 35.8 Å². The Morgan fingerprint density at radius 2 is 1.90 bits per heavy atom. The van der Waals surface area contributed by atoms with Crippen LogP contribution in [0, 0.1) is 13.8 Å². The van der Waals surface area contributed by atoms with Crippen LogP contribution >= 0.6 is 24.0 Å². The van der Waals surface area contributed by atoms with Crippen molar-refractivity contribution in [2.24, 2.45) is 12.0 Å². The summed E-state index contributed by atoms with van der Waals surface area (Å²) >= 11 is 0. The van der Waals surface area contributed by atoms with Gasteiger partial charge in [0.15, 0.2) is 5.96 Å². The number of nitrogens with zero attached hydrogens (tertiary/aromatic N) is 3. The topological polar surface area (TPSA) is 83.3 Å². The first-order valence-electron chi connectivity index (χ1n) is 9.67. The van der Waals surface area contributed by atoms with Crippen molar-refractivity contribution in [3.8, 4) is 0 Å². The fourth-order valence-electron chi connectivity index (χ4n) is 3.12. The van der Waals surface area contributed by atoms with Gasteiger partial charge in [-0.2, -0.15) is 5.10 Å². The van der Waals surface area contributed by atoms with Crippen LogP contribution in [0.25, 0.3) is 0 Å². The summed E-state index contributed by atoms with van der Waals surface area (Å²) in [6.45, 7) is 7.01. The molecule has 1 heterocycles. The average molecular weight is 512 g/mol. The number of guanidine groups is 1. The van der Waals surface area contributed by atoms with Crippen molar-refractivity contribution in [1.29, 1.82) is 0 Å². The Balaban J connectivity index is 0.00000420. The zero-order chi connectivity index (χ0) is 20.5. The smallest absolute Gasteiger partial charge is 0.239 e. The maximum atomic E-state index is 12.1. The second-order valence-corrected chi connectivity index (χ2v) is 7.03. The number of benzene rings is 1. The first-order valence-corrected chi connectivity index (χ1v) is 9.67. The lowest BCUT2D eigenvalue weighted by Gasteiger charge is -2.18. The highest BCUT2D eigenvalue weighted by Crippen LogP contribution is 2.14. The minimum absolute atomic E-state index is 0. The Labute approximate surface area is 190 Å². The van der Waals surface area contributed by atoms with E-state index in [1.54, 1.807) is 7.05 Å². The lowest BCUT2D eigenvalue weighted by molar-refractivity contribution is -0.119. The zero-order valence-electron chi connectivity index (χ0n) is 18.0. The van der Waals surface area contributed by atoms with Crippen LogP contribution in [-0.4, -0.2) is 47.8 Å². The molecule has 0 saturated carbocycles. The van der Waals surface area contributed by atoms with E-state index in [9.17, 15) is 4.79 Å². The van der Waals surface area contributed by atoms with E-state index < -0.39 is 0 Å². The van der Waals surface area contributed by atoms with Crippen molar-refractivity contribution < 1.29 is 4.79 Å². The molecule has 7 nitrogen and oxygen atoms in total. The molecule has 1 amide bonds. The molecule has 8 heteroatoms. The highest BCUT2D eigenvalue weighted by molar-refractivity contribution is 14.0. The molecule has 1 atom stereocenters. The van der Waals surface area contributed by atoms with Gasteiger partial charge in [-0.15, -0.1) is 24.0 Å². The monoisotopic (exact) mass is 512 g/mol. The largest absolute Gasteiger partial charge is 0.354 e. The third kappa shape index (κ3) is 8.04.